The Kier molecular flexibility index (Phi) is 6.88. The molecule has 0 bridgehead atoms. The first-order valence-corrected chi connectivity index (χ1v) is 9.74. The lowest BCUT2D eigenvalue weighted by Gasteiger charge is -2.23. The Hall–Kier alpha value is -2.79. The average molecular weight is 381 g/mol. The van der Waals surface area contributed by atoms with Crippen molar-refractivity contribution in [1.82, 2.24) is 4.90 Å². The zero-order valence-electron chi connectivity index (χ0n) is 15.3. The molecule has 0 saturated heterocycles. The van der Waals surface area contributed by atoms with Gasteiger partial charge in [-0.25, -0.2) is 0 Å². The summed E-state index contributed by atoms with van der Waals surface area (Å²) in [6.45, 7) is 1.45. The summed E-state index contributed by atoms with van der Waals surface area (Å²) in [6, 6.07) is 21.4. The van der Waals surface area contributed by atoms with E-state index in [9.17, 15) is 4.79 Å². The number of carbonyl (C=O) groups excluding carboxylic acids is 1. The molecule has 0 unspecified atom stereocenters. The molecule has 0 radical (unpaired) electrons. The highest BCUT2D eigenvalue weighted by atomic mass is 32.1. The molecule has 5 heteroatoms. The smallest absolute Gasteiger partial charge is 0.226 e. The molecule has 3 aromatic rings. The van der Waals surface area contributed by atoms with Crippen molar-refractivity contribution >= 4 is 17.2 Å². The molecule has 2 aromatic carbocycles. The molecule has 3 rings (SSSR count). The average Bonchev–Trinajstić information content (AvgIpc) is 3.22. The van der Waals surface area contributed by atoms with Crippen LogP contribution in [0.15, 0.2) is 72.1 Å². The standard InChI is InChI=1S/C22H23NO3S/c1-25-21-12-6-5-8-18(21)16-23(17-20-11-7-15-27-20)22(24)13-14-26-19-9-3-2-4-10-19/h2-12,15H,13-14,16-17H2,1H3. The minimum Gasteiger partial charge on any atom is -0.496 e. The fourth-order valence-corrected chi connectivity index (χ4v) is 3.51. The third-order valence-electron chi connectivity index (χ3n) is 4.16. The number of thiophene rings is 1. The van der Waals surface area contributed by atoms with Crippen LogP contribution in [0, 0.1) is 0 Å². The number of ether oxygens (including phenoxy) is 2. The summed E-state index contributed by atoms with van der Waals surface area (Å²) >= 11 is 1.65. The van der Waals surface area contributed by atoms with E-state index < -0.39 is 0 Å². The Balaban J connectivity index is 1.66. The number of hydrogen-bond acceptors (Lipinski definition) is 4. The van der Waals surface area contributed by atoms with E-state index in [1.54, 1.807) is 18.4 Å². The molecular weight excluding hydrogens is 358 g/mol. The lowest BCUT2D eigenvalue weighted by atomic mass is 10.1. The minimum atomic E-state index is 0.0604. The van der Waals surface area contributed by atoms with Crippen molar-refractivity contribution in [2.24, 2.45) is 0 Å². The quantitative estimate of drug-likeness (QED) is 0.537. The maximum Gasteiger partial charge on any atom is 0.226 e. The summed E-state index contributed by atoms with van der Waals surface area (Å²) in [4.78, 5) is 15.9. The minimum absolute atomic E-state index is 0.0604. The van der Waals surface area contributed by atoms with Crippen molar-refractivity contribution in [3.63, 3.8) is 0 Å². The largest absolute Gasteiger partial charge is 0.496 e. The summed E-state index contributed by atoms with van der Waals surface area (Å²) in [5, 5.41) is 2.03. The SMILES string of the molecule is COc1ccccc1CN(Cc1cccs1)C(=O)CCOc1ccccc1. The summed E-state index contributed by atoms with van der Waals surface area (Å²) in [6.07, 6.45) is 0.329. The molecule has 1 heterocycles. The van der Waals surface area contributed by atoms with Crippen molar-refractivity contribution in [3.05, 3.63) is 82.6 Å². The van der Waals surface area contributed by atoms with Gasteiger partial charge in [0.05, 0.1) is 26.7 Å². The van der Waals surface area contributed by atoms with Gasteiger partial charge in [0.2, 0.25) is 5.91 Å². The molecular formula is C22H23NO3S. The summed E-state index contributed by atoms with van der Waals surface area (Å²) in [5.74, 6) is 1.63. The molecule has 0 N–H and O–H groups in total. The Morgan fingerprint density at radius 2 is 1.74 bits per heavy atom. The zero-order chi connectivity index (χ0) is 18.9. The summed E-state index contributed by atoms with van der Waals surface area (Å²) < 4.78 is 11.1. The molecule has 0 atom stereocenters. The normalized spacial score (nSPS) is 10.4. The molecule has 1 amide bonds. The van der Waals surface area contributed by atoms with Gasteiger partial charge in [0.15, 0.2) is 0 Å². The van der Waals surface area contributed by atoms with Crippen LogP contribution >= 0.6 is 11.3 Å². The van der Waals surface area contributed by atoms with E-state index in [0.717, 1.165) is 21.9 Å². The van der Waals surface area contributed by atoms with Crippen LogP contribution in [0.5, 0.6) is 11.5 Å². The molecule has 0 aliphatic heterocycles. The second-order valence-electron chi connectivity index (χ2n) is 6.05. The number of benzene rings is 2. The molecule has 0 aliphatic carbocycles. The first-order chi connectivity index (χ1) is 13.3. The predicted octanol–water partition coefficient (Wildman–Crippen LogP) is 4.75. The van der Waals surface area contributed by atoms with E-state index in [1.165, 1.54) is 0 Å². The van der Waals surface area contributed by atoms with Gasteiger partial charge in [-0.05, 0) is 29.6 Å². The van der Waals surface area contributed by atoms with Crippen LogP contribution in [0.3, 0.4) is 0 Å². The maximum absolute atomic E-state index is 12.9. The second-order valence-corrected chi connectivity index (χ2v) is 7.08. The van der Waals surface area contributed by atoms with Crippen molar-refractivity contribution in [3.8, 4) is 11.5 Å². The highest BCUT2D eigenvalue weighted by Crippen LogP contribution is 2.22. The van der Waals surface area contributed by atoms with Gasteiger partial charge in [-0.3, -0.25) is 4.79 Å². The van der Waals surface area contributed by atoms with Gasteiger partial charge in [0, 0.05) is 17.0 Å². The van der Waals surface area contributed by atoms with Crippen LogP contribution in [-0.2, 0) is 17.9 Å². The number of carbonyl (C=O) groups is 1. The van der Waals surface area contributed by atoms with Gasteiger partial charge in [0.25, 0.3) is 0 Å². The van der Waals surface area contributed by atoms with Crippen molar-refractivity contribution in [1.29, 1.82) is 0 Å². The van der Waals surface area contributed by atoms with Gasteiger partial charge in [0.1, 0.15) is 11.5 Å². The van der Waals surface area contributed by atoms with Gasteiger partial charge in [-0.2, -0.15) is 0 Å². The predicted molar refractivity (Wildman–Crippen MR) is 108 cm³/mol. The second kappa shape index (κ2) is 9.78. The maximum atomic E-state index is 12.9. The number of nitrogens with zero attached hydrogens (tertiary/aromatic N) is 1. The van der Waals surface area contributed by atoms with Crippen LogP contribution in [-0.4, -0.2) is 24.5 Å². The van der Waals surface area contributed by atoms with Crippen LogP contribution in [0.4, 0.5) is 0 Å². The molecule has 4 nitrogen and oxygen atoms in total. The van der Waals surface area contributed by atoms with Crippen LogP contribution in [0.1, 0.15) is 16.9 Å². The third kappa shape index (κ3) is 5.59. The molecule has 27 heavy (non-hydrogen) atoms. The van der Waals surface area contributed by atoms with Gasteiger partial charge >= 0.3 is 0 Å². The highest BCUT2D eigenvalue weighted by molar-refractivity contribution is 7.09. The van der Waals surface area contributed by atoms with Crippen molar-refractivity contribution in [2.75, 3.05) is 13.7 Å². The molecule has 140 valence electrons. The first kappa shape index (κ1) is 19.0. The van der Waals surface area contributed by atoms with Crippen LogP contribution in [0.25, 0.3) is 0 Å². The zero-order valence-corrected chi connectivity index (χ0v) is 16.2. The summed E-state index contributed by atoms with van der Waals surface area (Å²) in [7, 11) is 1.65. The fourth-order valence-electron chi connectivity index (χ4n) is 2.79. The van der Waals surface area contributed by atoms with Crippen molar-refractivity contribution < 1.29 is 14.3 Å². The van der Waals surface area contributed by atoms with E-state index >= 15 is 0 Å². The van der Waals surface area contributed by atoms with Gasteiger partial charge < -0.3 is 14.4 Å². The number of para-hydroxylation sites is 2. The lowest BCUT2D eigenvalue weighted by Crippen LogP contribution is -2.31. The number of rotatable bonds is 9. The molecule has 0 aliphatic rings. The lowest BCUT2D eigenvalue weighted by molar-refractivity contribution is -0.133. The fraction of sp³-hybridized carbons (Fsp3) is 0.227. The molecule has 0 saturated carbocycles. The Labute approximate surface area is 164 Å². The van der Waals surface area contributed by atoms with E-state index in [2.05, 4.69) is 0 Å². The van der Waals surface area contributed by atoms with E-state index in [1.807, 2.05) is 77.0 Å². The van der Waals surface area contributed by atoms with Gasteiger partial charge in [-0.15, -0.1) is 11.3 Å². The Bertz CT molecular complexity index is 834. The van der Waals surface area contributed by atoms with E-state index in [-0.39, 0.29) is 5.91 Å². The summed E-state index contributed by atoms with van der Waals surface area (Å²) in [5.41, 5.74) is 0.994. The van der Waals surface area contributed by atoms with Gasteiger partial charge in [-0.1, -0.05) is 42.5 Å². The van der Waals surface area contributed by atoms with E-state index in [0.29, 0.717) is 26.1 Å². The number of methoxy groups -OCH3 is 1. The molecule has 1 aromatic heterocycles. The monoisotopic (exact) mass is 381 g/mol. The number of hydrogen-bond donors (Lipinski definition) is 0. The Morgan fingerprint density at radius 1 is 0.963 bits per heavy atom. The number of amides is 1. The van der Waals surface area contributed by atoms with E-state index in [4.69, 9.17) is 9.47 Å². The van der Waals surface area contributed by atoms with Crippen LogP contribution < -0.4 is 9.47 Å². The Morgan fingerprint density at radius 3 is 2.48 bits per heavy atom. The van der Waals surface area contributed by atoms with Crippen molar-refractivity contribution in [2.45, 2.75) is 19.5 Å². The van der Waals surface area contributed by atoms with Crippen LogP contribution in [0.2, 0.25) is 0 Å². The molecule has 0 spiro atoms. The topological polar surface area (TPSA) is 38.8 Å². The molecule has 0 fully saturated rings. The third-order valence-corrected chi connectivity index (χ3v) is 5.02. The first-order valence-electron chi connectivity index (χ1n) is 8.86. The highest BCUT2D eigenvalue weighted by Gasteiger charge is 2.17.